The van der Waals surface area contributed by atoms with Crippen molar-refractivity contribution in [1.82, 2.24) is 0 Å². The Kier molecular flexibility index (Phi) is 6.38. The fourth-order valence-electron chi connectivity index (χ4n) is 3.34. The van der Waals surface area contributed by atoms with Gasteiger partial charge in [0.2, 0.25) is 0 Å². The quantitative estimate of drug-likeness (QED) is 0.554. The molecule has 1 heterocycles. The van der Waals surface area contributed by atoms with Crippen LogP contribution >= 0.6 is 0 Å². The van der Waals surface area contributed by atoms with E-state index in [0.717, 1.165) is 12.1 Å². The van der Waals surface area contributed by atoms with Gasteiger partial charge in [-0.15, -0.1) is 0 Å². The summed E-state index contributed by atoms with van der Waals surface area (Å²) in [6.45, 7) is 0.453. The number of nitrogens with one attached hydrogen (secondary N) is 1. The lowest BCUT2D eigenvalue weighted by Gasteiger charge is -2.29. The van der Waals surface area contributed by atoms with Gasteiger partial charge in [0, 0.05) is 5.69 Å². The summed E-state index contributed by atoms with van der Waals surface area (Å²) in [6.07, 6.45) is -4.60. The molecule has 1 aliphatic rings. The van der Waals surface area contributed by atoms with Gasteiger partial charge >= 0.3 is 6.18 Å². The molecule has 4 rings (SSSR count). The van der Waals surface area contributed by atoms with Crippen molar-refractivity contribution < 1.29 is 35.9 Å². The smallest absolute Gasteiger partial charge is 0.416 e. The highest BCUT2D eigenvalue weighted by Gasteiger charge is 2.31. The average Bonchev–Trinajstić information content (AvgIpc) is 2.82. The number of anilines is 2. The number of carbonyl (C=O) groups is 1. The average molecular weight is 492 g/mol. The van der Waals surface area contributed by atoms with Crippen molar-refractivity contribution >= 4 is 27.3 Å². The second-order valence-electron chi connectivity index (χ2n) is 7.31. The van der Waals surface area contributed by atoms with E-state index >= 15 is 0 Å². The number of rotatable bonds is 6. The first-order valence-corrected chi connectivity index (χ1v) is 11.6. The maximum Gasteiger partial charge on any atom is 0.416 e. The van der Waals surface area contributed by atoms with Gasteiger partial charge < -0.3 is 14.4 Å². The summed E-state index contributed by atoms with van der Waals surface area (Å²) >= 11 is 0. The van der Waals surface area contributed by atoms with Gasteiger partial charge in [-0.2, -0.15) is 13.2 Å². The largest absolute Gasteiger partial charge is 0.490 e. The number of sulfonamides is 1. The Labute approximate surface area is 193 Å². The standard InChI is InChI=1S/C23H19F3N2O5S/c24-23(25,26)16-4-3-5-17(14-16)27-34(30,31)19-10-8-18(9-11-19)33-15-22(29)28-12-13-32-21-7-2-1-6-20(21)28/h1-11,14,27H,12-13,15H2. The molecule has 1 amide bonds. The summed E-state index contributed by atoms with van der Waals surface area (Å²) in [5.74, 6) is 0.566. The number of para-hydroxylation sites is 2. The first-order chi connectivity index (χ1) is 16.1. The van der Waals surface area contributed by atoms with E-state index in [4.69, 9.17) is 9.47 Å². The van der Waals surface area contributed by atoms with Gasteiger partial charge in [0.1, 0.15) is 18.1 Å². The minimum Gasteiger partial charge on any atom is -0.490 e. The van der Waals surface area contributed by atoms with Crippen LogP contribution in [0.4, 0.5) is 24.5 Å². The Balaban J connectivity index is 1.40. The van der Waals surface area contributed by atoms with E-state index in [9.17, 15) is 26.4 Å². The van der Waals surface area contributed by atoms with E-state index in [1.54, 1.807) is 29.2 Å². The molecule has 3 aromatic carbocycles. The lowest BCUT2D eigenvalue weighted by Crippen LogP contribution is -2.40. The van der Waals surface area contributed by atoms with Crippen LogP contribution in [0.3, 0.4) is 0 Å². The topological polar surface area (TPSA) is 84.9 Å². The molecule has 0 aromatic heterocycles. The molecule has 7 nitrogen and oxygen atoms in total. The molecule has 3 aromatic rings. The van der Waals surface area contributed by atoms with Crippen molar-refractivity contribution in [3.8, 4) is 11.5 Å². The van der Waals surface area contributed by atoms with Gasteiger partial charge in [0.15, 0.2) is 6.61 Å². The van der Waals surface area contributed by atoms with Crippen LogP contribution in [0.15, 0.2) is 77.7 Å². The van der Waals surface area contributed by atoms with Gasteiger partial charge in [-0.1, -0.05) is 18.2 Å². The summed E-state index contributed by atoms with van der Waals surface area (Å²) in [5, 5.41) is 0. The number of alkyl halides is 3. The van der Waals surface area contributed by atoms with Crippen molar-refractivity contribution in [3.05, 3.63) is 78.4 Å². The predicted octanol–water partition coefficient (Wildman–Crippen LogP) is 4.31. The Bertz CT molecular complexity index is 1290. The van der Waals surface area contributed by atoms with Crippen LogP contribution in [0.5, 0.6) is 11.5 Å². The van der Waals surface area contributed by atoms with Crippen molar-refractivity contribution in [2.75, 3.05) is 29.4 Å². The summed E-state index contributed by atoms with van der Waals surface area (Å²) in [6, 6.07) is 16.2. The van der Waals surface area contributed by atoms with Gasteiger partial charge in [-0.3, -0.25) is 9.52 Å². The van der Waals surface area contributed by atoms with Crippen LogP contribution in [-0.2, 0) is 21.0 Å². The maximum atomic E-state index is 12.9. The SMILES string of the molecule is O=C(COc1ccc(S(=O)(=O)Nc2cccc(C(F)(F)F)c2)cc1)N1CCOc2ccccc21. The van der Waals surface area contributed by atoms with E-state index in [-0.39, 0.29) is 28.8 Å². The number of carbonyl (C=O) groups excluding carboxylic acids is 1. The molecule has 0 aliphatic carbocycles. The second-order valence-corrected chi connectivity index (χ2v) is 8.99. The summed E-state index contributed by atoms with van der Waals surface area (Å²) in [4.78, 5) is 14.0. The van der Waals surface area contributed by atoms with Crippen molar-refractivity contribution in [1.29, 1.82) is 0 Å². The third-order valence-electron chi connectivity index (χ3n) is 4.97. The number of halogens is 3. The van der Waals surface area contributed by atoms with Crippen LogP contribution in [-0.4, -0.2) is 34.1 Å². The zero-order chi connectivity index (χ0) is 24.3. The van der Waals surface area contributed by atoms with E-state index < -0.39 is 21.8 Å². The molecule has 1 aliphatic heterocycles. The Hall–Kier alpha value is -3.73. The van der Waals surface area contributed by atoms with Crippen LogP contribution in [0, 0.1) is 0 Å². The second kappa shape index (κ2) is 9.26. The van der Waals surface area contributed by atoms with E-state index in [2.05, 4.69) is 4.72 Å². The van der Waals surface area contributed by atoms with Gasteiger partial charge in [0.25, 0.3) is 15.9 Å². The summed E-state index contributed by atoms with van der Waals surface area (Å²) in [7, 11) is -4.14. The van der Waals surface area contributed by atoms with Crippen LogP contribution < -0.4 is 19.1 Å². The monoisotopic (exact) mass is 492 g/mol. The zero-order valence-electron chi connectivity index (χ0n) is 17.6. The molecule has 0 saturated heterocycles. The van der Waals surface area contributed by atoms with E-state index in [1.165, 1.54) is 30.3 Å². The summed E-state index contributed by atoms with van der Waals surface area (Å²) in [5.41, 5.74) is -0.542. The normalized spacial score (nSPS) is 13.6. The number of nitrogens with zero attached hydrogens (tertiary/aromatic N) is 1. The van der Waals surface area contributed by atoms with Crippen LogP contribution in [0.1, 0.15) is 5.56 Å². The molecular formula is C23H19F3N2O5S. The molecule has 0 saturated carbocycles. The highest BCUT2D eigenvalue weighted by atomic mass is 32.2. The third kappa shape index (κ3) is 5.25. The number of ether oxygens (including phenoxy) is 2. The summed E-state index contributed by atoms with van der Waals surface area (Å²) < 4.78 is 76.9. The fourth-order valence-corrected chi connectivity index (χ4v) is 4.39. The number of hydrogen-bond donors (Lipinski definition) is 1. The molecule has 178 valence electrons. The molecule has 1 N–H and O–H groups in total. The number of amides is 1. The molecule has 0 atom stereocenters. The molecule has 0 spiro atoms. The van der Waals surface area contributed by atoms with Crippen LogP contribution in [0.2, 0.25) is 0 Å². The highest BCUT2D eigenvalue weighted by Crippen LogP contribution is 2.32. The lowest BCUT2D eigenvalue weighted by molar-refractivity contribution is -0.137. The highest BCUT2D eigenvalue weighted by molar-refractivity contribution is 7.92. The van der Waals surface area contributed by atoms with E-state index in [1.807, 2.05) is 0 Å². The first-order valence-electron chi connectivity index (χ1n) is 10.1. The molecule has 0 bridgehead atoms. The van der Waals surface area contributed by atoms with Crippen molar-refractivity contribution in [3.63, 3.8) is 0 Å². The van der Waals surface area contributed by atoms with Crippen LogP contribution in [0.25, 0.3) is 0 Å². The number of fused-ring (bicyclic) bond motifs is 1. The van der Waals surface area contributed by atoms with E-state index in [0.29, 0.717) is 30.7 Å². The van der Waals surface area contributed by atoms with Crippen molar-refractivity contribution in [2.45, 2.75) is 11.1 Å². The molecule has 0 fully saturated rings. The number of hydrogen-bond acceptors (Lipinski definition) is 5. The first kappa shape index (κ1) is 23.4. The Morgan fingerprint density at radius 2 is 1.76 bits per heavy atom. The van der Waals surface area contributed by atoms with Gasteiger partial charge in [0.05, 0.1) is 22.7 Å². The maximum absolute atomic E-state index is 12.9. The Morgan fingerprint density at radius 1 is 1.03 bits per heavy atom. The fraction of sp³-hybridized carbons (Fsp3) is 0.174. The Morgan fingerprint density at radius 3 is 2.50 bits per heavy atom. The third-order valence-corrected chi connectivity index (χ3v) is 6.37. The van der Waals surface area contributed by atoms with Gasteiger partial charge in [-0.25, -0.2) is 8.42 Å². The molecule has 0 radical (unpaired) electrons. The molecule has 34 heavy (non-hydrogen) atoms. The molecule has 11 heteroatoms. The predicted molar refractivity (Wildman–Crippen MR) is 118 cm³/mol. The number of benzene rings is 3. The molecule has 0 unspecified atom stereocenters. The lowest BCUT2D eigenvalue weighted by atomic mass is 10.2. The zero-order valence-corrected chi connectivity index (χ0v) is 18.4. The minimum absolute atomic E-state index is 0.175. The minimum atomic E-state index is -4.60. The van der Waals surface area contributed by atoms with Gasteiger partial charge in [-0.05, 0) is 54.6 Å². The molecular weight excluding hydrogens is 473 g/mol. The van der Waals surface area contributed by atoms with Crippen molar-refractivity contribution in [2.24, 2.45) is 0 Å².